The third-order valence-electron chi connectivity index (χ3n) is 6.27. The van der Waals surface area contributed by atoms with Crippen LogP contribution in [0.5, 0.6) is 0 Å². The van der Waals surface area contributed by atoms with E-state index in [4.69, 9.17) is 9.72 Å². The van der Waals surface area contributed by atoms with Gasteiger partial charge in [0, 0.05) is 60.4 Å². The molecule has 0 spiro atoms. The second kappa shape index (κ2) is 8.15. The Morgan fingerprint density at radius 3 is 2.70 bits per heavy atom. The Bertz CT molecular complexity index is 1430. The fourth-order valence-corrected chi connectivity index (χ4v) is 4.34. The lowest BCUT2D eigenvalue weighted by Gasteiger charge is -2.29. The van der Waals surface area contributed by atoms with Crippen LogP contribution in [0.3, 0.4) is 0 Å². The highest BCUT2D eigenvalue weighted by molar-refractivity contribution is 5.61. The highest BCUT2D eigenvalue weighted by Gasteiger charge is 2.28. The van der Waals surface area contributed by atoms with Crippen LogP contribution in [0.2, 0.25) is 0 Å². The molecule has 170 valence electrons. The average molecular weight is 451 g/mol. The second-order valence-electron chi connectivity index (χ2n) is 8.48. The molecule has 0 radical (unpaired) electrons. The zero-order valence-corrected chi connectivity index (χ0v) is 18.5. The minimum absolute atomic E-state index is 0.00901. The fourth-order valence-electron chi connectivity index (χ4n) is 4.34. The smallest absolute Gasteiger partial charge is 0.262 e. The summed E-state index contributed by atoms with van der Waals surface area (Å²) in [5.74, 6) is -1.36. The molecule has 33 heavy (non-hydrogen) atoms. The van der Waals surface area contributed by atoms with Crippen LogP contribution in [0.4, 0.5) is 8.78 Å². The zero-order chi connectivity index (χ0) is 23.3. The first kappa shape index (κ1) is 21.4. The number of benzene rings is 1. The second-order valence-corrected chi connectivity index (χ2v) is 8.48. The molecule has 1 saturated heterocycles. The molecule has 1 fully saturated rings. The normalized spacial score (nSPS) is 18.7. The topological polar surface area (TPSA) is 74.3 Å². The standard InChI is InChI=1S/C24H23F2N5O2/c1-13-14(2)28-22-10-20(15-6-7-33-21(8-15)16-11-27-30(3)12-16)29-23(31(22)24(13)32)18-5-4-17(25)9-19(18)26/h4-5,9-12,15,21H,6-8H2,1-3H3/t15-,21+/m1/s1. The number of hydrogen-bond acceptors (Lipinski definition) is 5. The number of nitrogens with zero attached hydrogens (tertiary/aromatic N) is 5. The number of aromatic nitrogens is 5. The number of hydrogen-bond donors (Lipinski definition) is 0. The highest BCUT2D eigenvalue weighted by Crippen LogP contribution is 2.37. The largest absolute Gasteiger partial charge is 0.373 e. The summed E-state index contributed by atoms with van der Waals surface area (Å²) < 4.78 is 37.4. The number of halogens is 2. The lowest BCUT2D eigenvalue weighted by molar-refractivity contribution is 0.00461. The van der Waals surface area contributed by atoms with Crippen molar-refractivity contribution in [3.05, 3.63) is 81.2 Å². The molecule has 4 heterocycles. The van der Waals surface area contributed by atoms with E-state index in [9.17, 15) is 13.6 Å². The van der Waals surface area contributed by atoms with E-state index in [0.717, 1.165) is 24.1 Å². The van der Waals surface area contributed by atoms with E-state index in [1.54, 1.807) is 30.8 Å². The third kappa shape index (κ3) is 3.82. The van der Waals surface area contributed by atoms with Crippen LogP contribution >= 0.6 is 0 Å². The monoisotopic (exact) mass is 451 g/mol. The van der Waals surface area contributed by atoms with E-state index < -0.39 is 11.6 Å². The summed E-state index contributed by atoms with van der Waals surface area (Å²) >= 11 is 0. The van der Waals surface area contributed by atoms with Crippen LogP contribution in [0.25, 0.3) is 17.0 Å². The minimum Gasteiger partial charge on any atom is -0.373 e. The van der Waals surface area contributed by atoms with Gasteiger partial charge >= 0.3 is 0 Å². The van der Waals surface area contributed by atoms with Crippen molar-refractivity contribution in [3.8, 4) is 11.4 Å². The predicted molar refractivity (Wildman–Crippen MR) is 118 cm³/mol. The number of fused-ring (bicyclic) bond motifs is 1. The quantitative estimate of drug-likeness (QED) is 0.470. The van der Waals surface area contributed by atoms with Crippen LogP contribution in [0.1, 0.15) is 47.4 Å². The van der Waals surface area contributed by atoms with Gasteiger partial charge in [-0.3, -0.25) is 9.48 Å². The molecule has 1 aromatic carbocycles. The minimum atomic E-state index is -0.786. The molecule has 0 amide bonds. The molecule has 0 saturated carbocycles. The van der Waals surface area contributed by atoms with Gasteiger partial charge in [0.2, 0.25) is 0 Å². The predicted octanol–water partition coefficient (Wildman–Crippen LogP) is 4.02. The van der Waals surface area contributed by atoms with Gasteiger partial charge in [-0.15, -0.1) is 0 Å². The number of rotatable bonds is 3. The van der Waals surface area contributed by atoms with Crippen LogP contribution in [0, 0.1) is 25.5 Å². The molecule has 4 aromatic rings. The van der Waals surface area contributed by atoms with Gasteiger partial charge in [0.25, 0.3) is 5.56 Å². The van der Waals surface area contributed by atoms with Crippen molar-refractivity contribution in [1.29, 1.82) is 0 Å². The maximum absolute atomic E-state index is 14.8. The van der Waals surface area contributed by atoms with Crippen molar-refractivity contribution in [2.45, 2.75) is 38.7 Å². The highest BCUT2D eigenvalue weighted by atomic mass is 19.1. The maximum Gasteiger partial charge on any atom is 0.262 e. The number of ether oxygens (including phenoxy) is 1. The Morgan fingerprint density at radius 2 is 1.97 bits per heavy atom. The third-order valence-corrected chi connectivity index (χ3v) is 6.27. The summed E-state index contributed by atoms with van der Waals surface area (Å²) in [6.45, 7) is 3.97. The molecule has 5 rings (SSSR count). The van der Waals surface area contributed by atoms with E-state index in [0.29, 0.717) is 35.6 Å². The molecule has 1 aliphatic heterocycles. The van der Waals surface area contributed by atoms with Crippen LogP contribution in [-0.4, -0.2) is 30.8 Å². The lowest BCUT2D eigenvalue weighted by atomic mass is 9.90. The van der Waals surface area contributed by atoms with Crippen molar-refractivity contribution in [2.24, 2.45) is 7.05 Å². The van der Waals surface area contributed by atoms with Gasteiger partial charge in [0.15, 0.2) is 5.82 Å². The zero-order valence-electron chi connectivity index (χ0n) is 18.5. The molecule has 0 unspecified atom stereocenters. The first-order valence-corrected chi connectivity index (χ1v) is 10.8. The molecule has 1 aliphatic rings. The average Bonchev–Trinajstić information content (AvgIpc) is 3.23. The van der Waals surface area contributed by atoms with E-state index in [2.05, 4.69) is 10.1 Å². The Labute approximate surface area is 188 Å². The fraction of sp³-hybridized carbons (Fsp3) is 0.333. The van der Waals surface area contributed by atoms with Crippen molar-refractivity contribution in [1.82, 2.24) is 24.1 Å². The summed E-state index contributed by atoms with van der Waals surface area (Å²) in [5.41, 5.74) is 2.84. The first-order chi connectivity index (χ1) is 15.8. The maximum atomic E-state index is 14.8. The van der Waals surface area contributed by atoms with Gasteiger partial charge in [0.05, 0.1) is 17.9 Å². The Morgan fingerprint density at radius 1 is 1.15 bits per heavy atom. The Hall–Kier alpha value is -3.46. The summed E-state index contributed by atoms with van der Waals surface area (Å²) in [5, 5.41) is 4.23. The van der Waals surface area contributed by atoms with E-state index in [1.165, 1.54) is 10.5 Å². The molecular formula is C24H23F2N5O2. The van der Waals surface area contributed by atoms with Gasteiger partial charge in [0.1, 0.15) is 17.3 Å². The molecule has 0 bridgehead atoms. The van der Waals surface area contributed by atoms with Crippen LogP contribution in [-0.2, 0) is 11.8 Å². The van der Waals surface area contributed by atoms with Gasteiger partial charge in [-0.2, -0.15) is 5.10 Å². The van der Waals surface area contributed by atoms with Gasteiger partial charge < -0.3 is 4.74 Å². The summed E-state index contributed by atoms with van der Waals surface area (Å²) in [6.07, 6.45) is 4.95. The summed E-state index contributed by atoms with van der Waals surface area (Å²) in [7, 11) is 1.85. The molecule has 2 atom stereocenters. The molecule has 0 N–H and O–H groups in total. The van der Waals surface area contributed by atoms with Crippen molar-refractivity contribution in [3.63, 3.8) is 0 Å². The molecule has 9 heteroatoms. The Balaban J connectivity index is 1.67. The Kier molecular flexibility index (Phi) is 5.28. The van der Waals surface area contributed by atoms with E-state index >= 15 is 0 Å². The van der Waals surface area contributed by atoms with Gasteiger partial charge in [-0.1, -0.05) is 0 Å². The molecule has 3 aromatic heterocycles. The molecular weight excluding hydrogens is 428 g/mol. The van der Waals surface area contributed by atoms with E-state index in [1.807, 2.05) is 13.2 Å². The SMILES string of the molecule is Cc1nc2cc([C@@H]3CCO[C@H](c4cnn(C)c4)C3)nc(-c3ccc(F)cc3F)n2c(=O)c1C. The summed E-state index contributed by atoms with van der Waals surface area (Å²) in [6, 6.07) is 5.04. The lowest BCUT2D eigenvalue weighted by Crippen LogP contribution is -2.24. The van der Waals surface area contributed by atoms with Crippen LogP contribution in [0.15, 0.2) is 41.5 Å². The van der Waals surface area contributed by atoms with Crippen molar-refractivity contribution < 1.29 is 13.5 Å². The number of aryl methyl sites for hydroxylation is 2. The molecule has 0 aliphatic carbocycles. The van der Waals surface area contributed by atoms with Crippen molar-refractivity contribution >= 4 is 5.65 Å². The molecule has 7 nitrogen and oxygen atoms in total. The first-order valence-electron chi connectivity index (χ1n) is 10.8. The van der Waals surface area contributed by atoms with Gasteiger partial charge in [-0.25, -0.2) is 23.1 Å². The van der Waals surface area contributed by atoms with E-state index in [-0.39, 0.29) is 29.0 Å². The van der Waals surface area contributed by atoms with Crippen molar-refractivity contribution in [2.75, 3.05) is 6.61 Å². The van der Waals surface area contributed by atoms with Crippen LogP contribution < -0.4 is 5.56 Å². The summed E-state index contributed by atoms with van der Waals surface area (Å²) in [4.78, 5) is 22.4. The van der Waals surface area contributed by atoms with Gasteiger partial charge in [-0.05, 0) is 38.8 Å².